The monoisotopic (exact) mass is 370 g/mol. The number of hydrogen-bond acceptors (Lipinski definition) is 5. The number of nitrogens with one attached hydrogen (secondary N) is 2. The van der Waals surface area contributed by atoms with E-state index in [9.17, 15) is 4.79 Å². The van der Waals surface area contributed by atoms with Gasteiger partial charge in [0.05, 0.1) is 5.69 Å². The number of rotatable bonds is 9. The van der Waals surface area contributed by atoms with Crippen molar-refractivity contribution in [2.24, 2.45) is 0 Å². The van der Waals surface area contributed by atoms with Crippen LogP contribution in [0.4, 0.5) is 5.69 Å². The van der Waals surface area contributed by atoms with Gasteiger partial charge in [-0.25, -0.2) is 0 Å². The number of aryl methyl sites for hydroxylation is 1. The average Bonchev–Trinajstić information content (AvgIpc) is 3.50. The zero-order chi connectivity index (χ0) is 18.5. The van der Waals surface area contributed by atoms with Crippen LogP contribution in [0, 0.1) is 6.92 Å². The highest BCUT2D eigenvalue weighted by atomic mass is 32.2. The first kappa shape index (κ1) is 18.8. The Morgan fingerprint density at radius 3 is 2.58 bits per heavy atom. The highest BCUT2D eigenvalue weighted by Crippen LogP contribution is 2.45. The van der Waals surface area contributed by atoms with Crippen LogP contribution in [0.25, 0.3) is 0 Å². The van der Waals surface area contributed by atoms with Crippen molar-refractivity contribution in [1.82, 2.24) is 16.1 Å². The first-order valence-corrected chi connectivity index (χ1v) is 9.82. The highest BCUT2D eigenvalue weighted by molar-refractivity contribution is 7.98. The van der Waals surface area contributed by atoms with Crippen molar-refractivity contribution in [3.05, 3.63) is 59.2 Å². The minimum Gasteiger partial charge on any atom is -0.296 e. The number of nitrogens with zero attached hydrogens (tertiary/aromatic N) is 2. The third-order valence-corrected chi connectivity index (χ3v) is 5.79. The minimum absolute atomic E-state index is 0.682. The van der Waals surface area contributed by atoms with Crippen molar-refractivity contribution < 1.29 is 4.79 Å². The Morgan fingerprint density at radius 1 is 1.12 bits per heavy atom. The Labute approximate surface area is 159 Å². The normalized spacial score (nSPS) is 13.5. The van der Waals surface area contributed by atoms with Gasteiger partial charge in [0.25, 0.3) is 0 Å². The summed E-state index contributed by atoms with van der Waals surface area (Å²) in [6.45, 7) is 2.16. The summed E-state index contributed by atoms with van der Waals surface area (Å²) in [4.78, 5) is 12.1. The number of hydrogen-bond donors (Lipinski definition) is 2. The molecular formula is C20H26N4OS. The first-order valence-electron chi connectivity index (χ1n) is 8.83. The molecule has 0 aromatic heterocycles. The number of carbonyl (C=O) groups excluding carboxylic acids is 1. The van der Waals surface area contributed by atoms with Crippen molar-refractivity contribution in [2.45, 2.75) is 36.3 Å². The molecule has 2 aromatic carbocycles. The molecule has 0 spiro atoms. The molecule has 5 nitrogen and oxygen atoms in total. The summed E-state index contributed by atoms with van der Waals surface area (Å²) in [5, 5.41) is 3.27. The molecule has 0 saturated heterocycles. The lowest BCUT2D eigenvalue weighted by Gasteiger charge is -2.27. The predicted molar refractivity (Wildman–Crippen MR) is 108 cm³/mol. The van der Waals surface area contributed by atoms with Gasteiger partial charge in [-0.2, -0.15) is 5.53 Å². The van der Waals surface area contributed by atoms with Gasteiger partial charge in [-0.1, -0.05) is 30.3 Å². The molecule has 0 atom stereocenters. The van der Waals surface area contributed by atoms with Gasteiger partial charge in [0.15, 0.2) is 0 Å². The molecule has 0 unspecified atom stereocenters. The van der Waals surface area contributed by atoms with Gasteiger partial charge in [-0.15, -0.1) is 17.3 Å². The van der Waals surface area contributed by atoms with E-state index < -0.39 is 0 Å². The third kappa shape index (κ3) is 4.58. The second kappa shape index (κ2) is 8.58. The minimum atomic E-state index is 0.682. The molecule has 1 aliphatic carbocycles. The summed E-state index contributed by atoms with van der Waals surface area (Å²) in [6, 6.07) is 15.0. The van der Waals surface area contributed by atoms with E-state index in [1.807, 2.05) is 23.8 Å². The summed E-state index contributed by atoms with van der Waals surface area (Å²) in [7, 11) is 3.61. The zero-order valence-electron chi connectivity index (χ0n) is 15.5. The van der Waals surface area contributed by atoms with Crippen LogP contribution < -0.4 is 16.1 Å². The van der Waals surface area contributed by atoms with E-state index in [4.69, 9.17) is 0 Å². The second-order valence-electron chi connectivity index (χ2n) is 6.67. The maximum atomic E-state index is 10.8. The molecule has 0 bridgehead atoms. The molecular weight excluding hydrogens is 344 g/mol. The van der Waals surface area contributed by atoms with Gasteiger partial charge < -0.3 is 0 Å². The lowest BCUT2D eigenvalue weighted by molar-refractivity contribution is -0.120. The van der Waals surface area contributed by atoms with Crippen LogP contribution >= 0.6 is 11.8 Å². The molecule has 1 saturated carbocycles. The van der Waals surface area contributed by atoms with Crippen LogP contribution in [0.1, 0.15) is 35.4 Å². The molecule has 3 rings (SSSR count). The smallest absolute Gasteiger partial charge is 0.224 e. The van der Waals surface area contributed by atoms with Crippen molar-refractivity contribution in [2.75, 3.05) is 19.1 Å². The molecule has 0 aliphatic heterocycles. The maximum Gasteiger partial charge on any atom is 0.224 e. The SMILES string of the molecule is Cc1ccccc1SCc1c(C2CC2)cccc1N(C)NNN(C)C=O. The lowest BCUT2D eigenvalue weighted by atomic mass is 10.0. The Balaban J connectivity index is 1.81. The van der Waals surface area contributed by atoms with Crippen molar-refractivity contribution in [1.29, 1.82) is 0 Å². The summed E-state index contributed by atoms with van der Waals surface area (Å²) < 4.78 is 0. The first-order chi connectivity index (χ1) is 12.6. The zero-order valence-corrected chi connectivity index (χ0v) is 16.3. The predicted octanol–water partition coefficient (Wildman–Crippen LogP) is 3.61. The highest BCUT2D eigenvalue weighted by Gasteiger charge is 2.27. The van der Waals surface area contributed by atoms with E-state index >= 15 is 0 Å². The van der Waals surface area contributed by atoms with Crippen LogP contribution in [0.15, 0.2) is 47.4 Å². The molecule has 2 aromatic rings. The Morgan fingerprint density at radius 2 is 1.88 bits per heavy atom. The molecule has 2 N–H and O–H groups in total. The summed E-state index contributed by atoms with van der Waals surface area (Å²) in [5.41, 5.74) is 11.1. The van der Waals surface area contributed by atoms with Crippen LogP contribution in [0.5, 0.6) is 0 Å². The van der Waals surface area contributed by atoms with Gasteiger partial charge in [0, 0.05) is 24.7 Å². The fourth-order valence-corrected chi connectivity index (χ4v) is 4.03. The van der Waals surface area contributed by atoms with E-state index in [-0.39, 0.29) is 0 Å². The fourth-order valence-electron chi connectivity index (χ4n) is 2.95. The molecule has 1 amide bonds. The topological polar surface area (TPSA) is 47.6 Å². The van der Waals surface area contributed by atoms with Gasteiger partial charge in [0.2, 0.25) is 6.41 Å². The number of benzene rings is 2. The Hall–Kier alpha value is -2.02. The lowest BCUT2D eigenvalue weighted by Crippen LogP contribution is -2.52. The average molecular weight is 371 g/mol. The van der Waals surface area contributed by atoms with Gasteiger partial charge in [0.1, 0.15) is 0 Å². The van der Waals surface area contributed by atoms with Gasteiger partial charge >= 0.3 is 0 Å². The molecule has 26 heavy (non-hydrogen) atoms. The molecule has 6 heteroatoms. The number of carbonyl (C=O) groups is 1. The van der Waals surface area contributed by atoms with Crippen LogP contribution in [-0.2, 0) is 10.5 Å². The Bertz CT molecular complexity index is 763. The van der Waals surface area contributed by atoms with Crippen LogP contribution in [0.2, 0.25) is 0 Å². The molecule has 0 radical (unpaired) electrons. The number of thioether (sulfide) groups is 1. The van der Waals surface area contributed by atoms with Crippen molar-refractivity contribution >= 4 is 23.9 Å². The second-order valence-corrected chi connectivity index (χ2v) is 7.69. The van der Waals surface area contributed by atoms with Gasteiger partial charge in [-0.05, 0) is 54.5 Å². The molecule has 1 aliphatic rings. The number of hydrazine groups is 3. The standard InChI is InChI=1S/C20H26N4OS/c1-15-7-4-5-10-20(15)26-13-18-17(16-11-12-16)8-6-9-19(18)24(3)22-21-23(2)14-25/h4-10,14,16,21-22H,11-13H2,1-3H3. The summed E-state index contributed by atoms with van der Waals surface area (Å²) in [5.74, 6) is 1.60. The largest absolute Gasteiger partial charge is 0.296 e. The van der Waals surface area contributed by atoms with Crippen molar-refractivity contribution in [3.8, 4) is 0 Å². The van der Waals surface area contributed by atoms with E-state index in [1.165, 1.54) is 39.4 Å². The van der Waals surface area contributed by atoms with Crippen molar-refractivity contribution in [3.63, 3.8) is 0 Å². The number of amides is 1. The fraction of sp³-hybridized carbons (Fsp3) is 0.350. The van der Waals surface area contributed by atoms with Crippen LogP contribution in [0.3, 0.4) is 0 Å². The maximum absolute atomic E-state index is 10.8. The number of anilines is 1. The van der Waals surface area contributed by atoms with E-state index in [0.29, 0.717) is 5.92 Å². The quantitative estimate of drug-likeness (QED) is 0.401. The third-order valence-electron chi connectivity index (χ3n) is 4.58. The van der Waals surface area contributed by atoms with Crippen LogP contribution in [-0.4, -0.2) is 25.5 Å². The molecule has 0 heterocycles. The van der Waals surface area contributed by atoms with E-state index in [0.717, 1.165) is 17.9 Å². The Kier molecular flexibility index (Phi) is 6.19. The van der Waals surface area contributed by atoms with E-state index in [1.54, 1.807) is 7.05 Å². The summed E-state index contributed by atoms with van der Waals surface area (Å²) >= 11 is 1.88. The van der Waals surface area contributed by atoms with E-state index in [2.05, 4.69) is 60.5 Å². The molecule has 138 valence electrons. The molecule has 1 fully saturated rings. The summed E-state index contributed by atoms with van der Waals surface area (Å²) in [6.07, 6.45) is 3.26. The van der Waals surface area contributed by atoms with Gasteiger partial charge in [-0.3, -0.25) is 14.8 Å².